The highest BCUT2D eigenvalue weighted by molar-refractivity contribution is 5.77. The first-order chi connectivity index (χ1) is 10.1. The predicted molar refractivity (Wildman–Crippen MR) is 80.4 cm³/mol. The van der Waals surface area contributed by atoms with Crippen LogP contribution >= 0.6 is 0 Å². The molecule has 0 aliphatic heterocycles. The standard InChI is InChI=1S/C17H25N3O/c1-11(16-18-2-3-19-16)20-15(21)10-17-7-12-4-13(8-17)6-14(5-12)9-17/h2-3,11-14H,4-10H2,1H3,(H,18,19)(H,20,21). The number of imidazole rings is 1. The Hall–Kier alpha value is -1.32. The molecule has 0 aromatic carbocycles. The molecule has 21 heavy (non-hydrogen) atoms. The van der Waals surface area contributed by atoms with Crippen molar-refractivity contribution < 1.29 is 4.79 Å². The molecule has 4 aliphatic carbocycles. The molecule has 4 heteroatoms. The first-order valence-corrected chi connectivity index (χ1v) is 8.40. The number of rotatable bonds is 4. The van der Waals surface area contributed by atoms with Crippen LogP contribution in [0, 0.1) is 23.2 Å². The van der Waals surface area contributed by atoms with Gasteiger partial charge in [-0.15, -0.1) is 0 Å². The summed E-state index contributed by atoms with van der Waals surface area (Å²) in [5.41, 5.74) is 0.321. The molecule has 4 aliphatic rings. The van der Waals surface area contributed by atoms with Crippen LogP contribution in [0.15, 0.2) is 12.4 Å². The minimum atomic E-state index is -0.0265. The largest absolute Gasteiger partial charge is 0.347 e. The van der Waals surface area contributed by atoms with E-state index in [0.717, 1.165) is 30.0 Å². The highest BCUT2D eigenvalue weighted by Gasteiger charge is 2.51. The lowest BCUT2D eigenvalue weighted by atomic mass is 9.49. The second-order valence-corrected chi connectivity index (χ2v) is 7.86. The van der Waals surface area contributed by atoms with Gasteiger partial charge in [-0.05, 0) is 68.6 Å². The Morgan fingerprint density at radius 3 is 2.48 bits per heavy atom. The molecule has 4 nitrogen and oxygen atoms in total. The van der Waals surface area contributed by atoms with E-state index in [9.17, 15) is 4.79 Å². The summed E-state index contributed by atoms with van der Waals surface area (Å²) in [7, 11) is 0. The lowest BCUT2D eigenvalue weighted by Gasteiger charge is -2.56. The van der Waals surface area contributed by atoms with Crippen molar-refractivity contribution in [1.82, 2.24) is 15.3 Å². The molecule has 114 valence electrons. The Morgan fingerprint density at radius 1 is 1.33 bits per heavy atom. The van der Waals surface area contributed by atoms with Crippen molar-refractivity contribution in [3.63, 3.8) is 0 Å². The van der Waals surface area contributed by atoms with Crippen LogP contribution in [0.1, 0.15) is 63.7 Å². The van der Waals surface area contributed by atoms with E-state index in [2.05, 4.69) is 15.3 Å². The minimum Gasteiger partial charge on any atom is -0.347 e. The quantitative estimate of drug-likeness (QED) is 0.893. The lowest BCUT2D eigenvalue weighted by molar-refractivity contribution is -0.130. The highest BCUT2D eigenvalue weighted by atomic mass is 16.1. The van der Waals surface area contributed by atoms with Crippen molar-refractivity contribution in [2.24, 2.45) is 23.2 Å². The Bertz CT molecular complexity index is 487. The Balaban J connectivity index is 1.40. The van der Waals surface area contributed by atoms with Gasteiger partial charge in [-0.3, -0.25) is 4.79 Å². The van der Waals surface area contributed by atoms with Crippen LogP contribution in [0.4, 0.5) is 0 Å². The number of aromatic amines is 1. The molecule has 4 fully saturated rings. The first-order valence-electron chi connectivity index (χ1n) is 8.40. The van der Waals surface area contributed by atoms with E-state index < -0.39 is 0 Å². The van der Waals surface area contributed by atoms with Crippen LogP contribution < -0.4 is 5.32 Å². The smallest absolute Gasteiger partial charge is 0.221 e. The number of aromatic nitrogens is 2. The average Bonchev–Trinajstić information content (AvgIpc) is 2.89. The summed E-state index contributed by atoms with van der Waals surface area (Å²) in [6.45, 7) is 2.00. The number of hydrogen-bond acceptors (Lipinski definition) is 2. The van der Waals surface area contributed by atoms with Gasteiger partial charge >= 0.3 is 0 Å². The molecule has 0 radical (unpaired) electrons. The van der Waals surface area contributed by atoms with E-state index in [-0.39, 0.29) is 11.9 Å². The molecule has 4 bridgehead atoms. The summed E-state index contributed by atoms with van der Waals surface area (Å²) < 4.78 is 0. The first kappa shape index (κ1) is 13.4. The van der Waals surface area contributed by atoms with Gasteiger partial charge in [0.25, 0.3) is 0 Å². The Labute approximate surface area is 126 Å². The molecule has 2 N–H and O–H groups in total. The zero-order chi connectivity index (χ0) is 14.4. The van der Waals surface area contributed by atoms with Gasteiger partial charge in [0.15, 0.2) is 0 Å². The van der Waals surface area contributed by atoms with Crippen LogP contribution in [0.3, 0.4) is 0 Å². The van der Waals surface area contributed by atoms with E-state index in [4.69, 9.17) is 0 Å². The van der Waals surface area contributed by atoms with Crippen LogP contribution in [-0.2, 0) is 4.79 Å². The normalized spacial score (nSPS) is 38.4. The second-order valence-electron chi connectivity index (χ2n) is 7.86. The maximum Gasteiger partial charge on any atom is 0.221 e. The number of carbonyl (C=O) groups excluding carboxylic acids is 1. The minimum absolute atomic E-state index is 0.0265. The molecule has 0 spiro atoms. The van der Waals surface area contributed by atoms with E-state index in [1.165, 1.54) is 38.5 Å². The Kier molecular flexibility index (Phi) is 3.09. The van der Waals surface area contributed by atoms with Crippen molar-refractivity contribution in [2.45, 2.75) is 57.9 Å². The predicted octanol–water partition coefficient (Wildman–Crippen LogP) is 3.19. The van der Waals surface area contributed by atoms with E-state index >= 15 is 0 Å². The summed E-state index contributed by atoms with van der Waals surface area (Å²) in [6.07, 6.45) is 12.4. The second kappa shape index (κ2) is 4.85. The van der Waals surface area contributed by atoms with Crippen molar-refractivity contribution in [3.05, 3.63) is 18.2 Å². The molecule has 1 atom stereocenters. The molecular formula is C17H25N3O. The van der Waals surface area contributed by atoms with Gasteiger partial charge in [-0.25, -0.2) is 4.98 Å². The van der Waals surface area contributed by atoms with Crippen molar-refractivity contribution in [3.8, 4) is 0 Å². The van der Waals surface area contributed by atoms with Crippen LogP contribution in [0.5, 0.6) is 0 Å². The number of H-pyrrole nitrogens is 1. The Morgan fingerprint density at radius 2 is 1.95 bits per heavy atom. The number of amides is 1. The maximum absolute atomic E-state index is 12.5. The molecule has 5 rings (SSSR count). The fourth-order valence-electron chi connectivity index (χ4n) is 5.72. The van der Waals surface area contributed by atoms with Crippen LogP contribution in [0.25, 0.3) is 0 Å². The monoisotopic (exact) mass is 287 g/mol. The van der Waals surface area contributed by atoms with Crippen LogP contribution in [0.2, 0.25) is 0 Å². The fourth-order valence-corrected chi connectivity index (χ4v) is 5.72. The average molecular weight is 287 g/mol. The van der Waals surface area contributed by atoms with E-state index in [1.54, 1.807) is 12.4 Å². The zero-order valence-electron chi connectivity index (χ0n) is 12.8. The van der Waals surface area contributed by atoms with Gasteiger partial charge in [0.2, 0.25) is 5.91 Å². The summed E-state index contributed by atoms with van der Waals surface area (Å²) >= 11 is 0. The molecule has 1 amide bonds. The third-order valence-corrected chi connectivity index (χ3v) is 6.01. The van der Waals surface area contributed by atoms with Crippen molar-refractivity contribution >= 4 is 5.91 Å². The number of nitrogens with one attached hydrogen (secondary N) is 2. The van der Waals surface area contributed by atoms with Crippen LogP contribution in [-0.4, -0.2) is 15.9 Å². The molecule has 1 heterocycles. The number of nitrogens with zero attached hydrogens (tertiary/aromatic N) is 1. The van der Waals surface area contributed by atoms with Gasteiger partial charge in [0.1, 0.15) is 5.82 Å². The zero-order valence-corrected chi connectivity index (χ0v) is 12.8. The van der Waals surface area contributed by atoms with Gasteiger partial charge in [0, 0.05) is 18.8 Å². The highest BCUT2D eigenvalue weighted by Crippen LogP contribution is 2.61. The fraction of sp³-hybridized carbons (Fsp3) is 0.765. The lowest BCUT2D eigenvalue weighted by Crippen LogP contribution is -2.48. The van der Waals surface area contributed by atoms with Gasteiger partial charge in [-0.2, -0.15) is 0 Å². The van der Waals surface area contributed by atoms with Crippen molar-refractivity contribution in [2.75, 3.05) is 0 Å². The number of carbonyl (C=O) groups is 1. The maximum atomic E-state index is 12.5. The van der Waals surface area contributed by atoms with Gasteiger partial charge in [0.05, 0.1) is 6.04 Å². The molecule has 0 saturated heterocycles. The molecular weight excluding hydrogens is 262 g/mol. The molecule has 1 unspecified atom stereocenters. The topological polar surface area (TPSA) is 57.8 Å². The third-order valence-electron chi connectivity index (χ3n) is 6.01. The molecule has 4 saturated carbocycles. The van der Waals surface area contributed by atoms with Crippen molar-refractivity contribution in [1.29, 1.82) is 0 Å². The van der Waals surface area contributed by atoms with Gasteiger partial charge in [-0.1, -0.05) is 0 Å². The molecule has 1 aromatic heterocycles. The SMILES string of the molecule is CC(NC(=O)CC12CC3CC(CC(C3)C1)C2)c1ncc[nH]1. The third kappa shape index (κ3) is 2.49. The summed E-state index contributed by atoms with van der Waals surface area (Å²) in [4.78, 5) is 19.8. The number of hydrogen-bond donors (Lipinski definition) is 2. The van der Waals surface area contributed by atoms with Gasteiger partial charge < -0.3 is 10.3 Å². The van der Waals surface area contributed by atoms with E-state index in [0.29, 0.717) is 5.41 Å². The van der Waals surface area contributed by atoms with E-state index in [1.807, 2.05) is 6.92 Å². The molecule has 1 aromatic rings. The summed E-state index contributed by atoms with van der Waals surface area (Å²) in [5, 5.41) is 3.12. The summed E-state index contributed by atoms with van der Waals surface area (Å²) in [6, 6.07) is -0.0265. The summed E-state index contributed by atoms with van der Waals surface area (Å²) in [5.74, 6) is 3.78.